The van der Waals surface area contributed by atoms with Crippen LogP contribution in [0.3, 0.4) is 0 Å². The van der Waals surface area contributed by atoms with Crippen molar-refractivity contribution in [1.29, 1.82) is 0 Å². The van der Waals surface area contributed by atoms with Crippen LogP contribution >= 0.6 is 0 Å². The van der Waals surface area contributed by atoms with E-state index in [4.69, 9.17) is 9.47 Å². The van der Waals surface area contributed by atoms with Gasteiger partial charge in [0, 0.05) is 31.5 Å². The van der Waals surface area contributed by atoms with Crippen LogP contribution in [0.2, 0.25) is 0 Å². The van der Waals surface area contributed by atoms with Crippen molar-refractivity contribution in [3.63, 3.8) is 0 Å². The number of aliphatic hydroxyl groups is 1. The summed E-state index contributed by atoms with van der Waals surface area (Å²) in [6, 6.07) is 5.45. The first-order valence-corrected chi connectivity index (χ1v) is 6.94. The predicted molar refractivity (Wildman–Crippen MR) is 73.1 cm³/mol. The lowest BCUT2D eigenvalue weighted by Gasteiger charge is -2.40. The third-order valence-corrected chi connectivity index (χ3v) is 4.14. The van der Waals surface area contributed by atoms with Gasteiger partial charge in [-0.25, -0.2) is 0 Å². The number of hydrogen-bond donors (Lipinski definition) is 1. The SMILES string of the molecule is COc1cccc2c1OCC(N1CCC(=O)CC1)C2O. The van der Waals surface area contributed by atoms with Crippen LogP contribution in [0.1, 0.15) is 24.5 Å². The lowest BCUT2D eigenvalue weighted by atomic mass is 9.95. The van der Waals surface area contributed by atoms with Gasteiger partial charge in [0.25, 0.3) is 0 Å². The number of Topliss-reactive ketones (excluding diaryl/α,β-unsaturated/α-hetero) is 1. The van der Waals surface area contributed by atoms with Gasteiger partial charge in [-0.3, -0.25) is 9.69 Å². The lowest BCUT2D eigenvalue weighted by Crippen LogP contribution is -2.49. The van der Waals surface area contributed by atoms with Gasteiger partial charge in [-0.15, -0.1) is 0 Å². The molecule has 1 aromatic rings. The molecule has 0 saturated carbocycles. The van der Waals surface area contributed by atoms with Gasteiger partial charge in [0.05, 0.1) is 13.2 Å². The molecule has 0 bridgehead atoms. The highest BCUT2D eigenvalue weighted by Gasteiger charge is 2.36. The number of ether oxygens (including phenoxy) is 2. The van der Waals surface area contributed by atoms with E-state index in [2.05, 4.69) is 4.90 Å². The molecular weight excluding hydrogens is 258 g/mol. The maximum atomic E-state index is 11.3. The Morgan fingerprint density at radius 3 is 2.80 bits per heavy atom. The van der Waals surface area contributed by atoms with Crippen molar-refractivity contribution < 1.29 is 19.4 Å². The van der Waals surface area contributed by atoms with Gasteiger partial charge in [0.2, 0.25) is 0 Å². The van der Waals surface area contributed by atoms with E-state index in [9.17, 15) is 9.90 Å². The van der Waals surface area contributed by atoms with Gasteiger partial charge in [-0.1, -0.05) is 12.1 Å². The van der Waals surface area contributed by atoms with Crippen LogP contribution in [0.4, 0.5) is 0 Å². The van der Waals surface area contributed by atoms with Crippen molar-refractivity contribution in [1.82, 2.24) is 4.90 Å². The molecule has 0 spiro atoms. The fourth-order valence-corrected chi connectivity index (χ4v) is 2.96. The number of aliphatic hydroxyl groups excluding tert-OH is 1. The number of hydrogen-bond acceptors (Lipinski definition) is 5. The summed E-state index contributed by atoms with van der Waals surface area (Å²) in [6.07, 6.45) is 0.518. The first-order valence-electron chi connectivity index (χ1n) is 6.94. The minimum atomic E-state index is -0.609. The van der Waals surface area contributed by atoms with Crippen LogP contribution < -0.4 is 9.47 Å². The summed E-state index contributed by atoms with van der Waals surface area (Å²) < 4.78 is 11.1. The molecule has 0 aliphatic carbocycles. The molecule has 2 atom stereocenters. The van der Waals surface area contributed by atoms with Crippen molar-refractivity contribution in [2.24, 2.45) is 0 Å². The monoisotopic (exact) mass is 277 g/mol. The number of carbonyl (C=O) groups excluding carboxylic acids is 1. The van der Waals surface area contributed by atoms with Gasteiger partial charge in [0.15, 0.2) is 11.5 Å². The first-order chi connectivity index (χ1) is 9.70. The third-order valence-electron chi connectivity index (χ3n) is 4.14. The second-order valence-electron chi connectivity index (χ2n) is 5.28. The molecular formula is C15H19NO4. The zero-order valence-corrected chi connectivity index (χ0v) is 11.5. The molecule has 5 heteroatoms. The van der Waals surface area contributed by atoms with Crippen LogP contribution in [0.25, 0.3) is 0 Å². The number of benzene rings is 1. The van der Waals surface area contributed by atoms with Crippen LogP contribution in [0.15, 0.2) is 18.2 Å². The molecule has 1 saturated heterocycles. The number of para-hydroxylation sites is 1. The van der Waals surface area contributed by atoms with Crippen molar-refractivity contribution in [2.75, 3.05) is 26.8 Å². The Hall–Kier alpha value is -1.59. The molecule has 5 nitrogen and oxygen atoms in total. The molecule has 1 N–H and O–H groups in total. The third kappa shape index (κ3) is 2.27. The molecule has 2 aliphatic heterocycles. The summed E-state index contributed by atoms with van der Waals surface area (Å²) >= 11 is 0. The van der Waals surface area contributed by atoms with E-state index in [-0.39, 0.29) is 6.04 Å². The van der Waals surface area contributed by atoms with E-state index in [0.29, 0.717) is 49.8 Å². The number of nitrogens with zero attached hydrogens (tertiary/aromatic N) is 1. The Kier molecular flexibility index (Phi) is 3.63. The van der Waals surface area contributed by atoms with Crippen molar-refractivity contribution in [3.05, 3.63) is 23.8 Å². The Labute approximate surface area is 118 Å². The highest BCUT2D eigenvalue weighted by molar-refractivity contribution is 5.79. The van der Waals surface area contributed by atoms with Gasteiger partial charge in [-0.2, -0.15) is 0 Å². The van der Waals surface area contributed by atoms with Crippen LogP contribution in [0.5, 0.6) is 11.5 Å². The molecule has 0 amide bonds. The Morgan fingerprint density at radius 2 is 2.10 bits per heavy atom. The number of ketones is 1. The summed E-state index contributed by atoms with van der Waals surface area (Å²) in [4.78, 5) is 13.5. The zero-order valence-electron chi connectivity index (χ0n) is 11.5. The standard InChI is InChI=1S/C15H19NO4/c1-19-13-4-2-3-11-14(18)12(9-20-15(11)13)16-7-5-10(17)6-8-16/h2-4,12,14,18H,5-9H2,1H3. The maximum absolute atomic E-state index is 11.3. The Bertz CT molecular complexity index is 507. The van der Waals surface area contributed by atoms with Gasteiger partial charge >= 0.3 is 0 Å². The molecule has 2 heterocycles. The lowest BCUT2D eigenvalue weighted by molar-refractivity contribution is -0.123. The highest BCUT2D eigenvalue weighted by atomic mass is 16.5. The predicted octanol–water partition coefficient (Wildman–Crippen LogP) is 1.15. The number of fused-ring (bicyclic) bond motifs is 1. The summed E-state index contributed by atoms with van der Waals surface area (Å²) in [5.41, 5.74) is 0.762. The van der Waals surface area contributed by atoms with Gasteiger partial charge < -0.3 is 14.6 Å². The van der Waals surface area contributed by atoms with Crippen LogP contribution in [-0.4, -0.2) is 48.6 Å². The van der Waals surface area contributed by atoms with E-state index >= 15 is 0 Å². The van der Waals surface area contributed by atoms with Gasteiger partial charge in [-0.05, 0) is 6.07 Å². The van der Waals surface area contributed by atoms with Crippen molar-refractivity contribution in [3.8, 4) is 11.5 Å². The summed E-state index contributed by atoms with van der Waals surface area (Å²) in [7, 11) is 1.59. The van der Waals surface area contributed by atoms with E-state index in [0.717, 1.165) is 5.56 Å². The number of rotatable bonds is 2. The number of likely N-dealkylation sites (tertiary alicyclic amines) is 1. The molecule has 3 rings (SSSR count). The highest BCUT2D eigenvalue weighted by Crippen LogP contribution is 2.40. The largest absolute Gasteiger partial charge is 0.493 e. The van der Waals surface area contributed by atoms with E-state index < -0.39 is 6.10 Å². The molecule has 2 aliphatic rings. The second kappa shape index (κ2) is 5.42. The number of piperidine rings is 1. The maximum Gasteiger partial charge on any atom is 0.167 e. The molecule has 20 heavy (non-hydrogen) atoms. The van der Waals surface area contributed by atoms with Crippen LogP contribution in [-0.2, 0) is 4.79 Å². The molecule has 0 aromatic heterocycles. The number of methoxy groups -OCH3 is 1. The van der Waals surface area contributed by atoms with E-state index in [1.807, 2.05) is 18.2 Å². The van der Waals surface area contributed by atoms with Crippen molar-refractivity contribution >= 4 is 5.78 Å². The summed E-state index contributed by atoms with van der Waals surface area (Å²) in [5, 5.41) is 10.6. The average molecular weight is 277 g/mol. The minimum Gasteiger partial charge on any atom is -0.493 e. The fraction of sp³-hybridized carbons (Fsp3) is 0.533. The quantitative estimate of drug-likeness (QED) is 0.879. The fourth-order valence-electron chi connectivity index (χ4n) is 2.96. The first kappa shape index (κ1) is 13.4. The molecule has 0 radical (unpaired) electrons. The van der Waals surface area contributed by atoms with E-state index in [1.165, 1.54) is 0 Å². The van der Waals surface area contributed by atoms with Crippen molar-refractivity contribution in [2.45, 2.75) is 25.0 Å². The summed E-state index contributed by atoms with van der Waals surface area (Å²) in [5.74, 6) is 1.58. The number of carbonyl (C=O) groups is 1. The topological polar surface area (TPSA) is 59.0 Å². The Balaban J connectivity index is 1.82. The average Bonchev–Trinajstić information content (AvgIpc) is 2.48. The molecule has 1 fully saturated rings. The Morgan fingerprint density at radius 1 is 1.35 bits per heavy atom. The minimum absolute atomic E-state index is 0.0947. The molecule has 2 unspecified atom stereocenters. The second-order valence-corrected chi connectivity index (χ2v) is 5.28. The smallest absolute Gasteiger partial charge is 0.167 e. The normalized spacial score (nSPS) is 26.8. The zero-order chi connectivity index (χ0) is 14.1. The molecule has 108 valence electrons. The van der Waals surface area contributed by atoms with Crippen LogP contribution in [0, 0.1) is 0 Å². The van der Waals surface area contributed by atoms with Gasteiger partial charge in [0.1, 0.15) is 18.5 Å². The summed E-state index contributed by atoms with van der Waals surface area (Å²) in [6.45, 7) is 1.81. The molecule has 1 aromatic carbocycles. The van der Waals surface area contributed by atoms with E-state index in [1.54, 1.807) is 7.11 Å².